The van der Waals surface area contributed by atoms with E-state index in [0.29, 0.717) is 16.9 Å². The summed E-state index contributed by atoms with van der Waals surface area (Å²) in [5, 5.41) is 0. The van der Waals surface area contributed by atoms with E-state index in [0.717, 1.165) is 12.8 Å². The molecule has 3 aliphatic rings. The molecule has 2 saturated carbocycles. The highest BCUT2D eigenvalue weighted by Crippen LogP contribution is 2.57. The van der Waals surface area contributed by atoms with Crippen LogP contribution in [0.1, 0.15) is 39.0 Å². The van der Waals surface area contributed by atoms with Gasteiger partial charge < -0.3 is 4.74 Å². The van der Waals surface area contributed by atoms with Gasteiger partial charge in [-0.1, -0.05) is 25.7 Å². The first kappa shape index (κ1) is 11.1. The van der Waals surface area contributed by atoms with Crippen LogP contribution in [0.4, 0.5) is 0 Å². The molecule has 0 aromatic carbocycles. The maximum absolute atomic E-state index is 11.7. The molecule has 3 rings (SSSR count). The van der Waals surface area contributed by atoms with E-state index in [1.807, 2.05) is 0 Å². The number of hydrogen-bond acceptors (Lipinski definition) is 2. The fourth-order valence-electron chi connectivity index (χ4n) is 4.19. The van der Waals surface area contributed by atoms with Crippen molar-refractivity contribution in [2.24, 2.45) is 17.3 Å². The van der Waals surface area contributed by atoms with Gasteiger partial charge in [-0.25, -0.2) is 4.79 Å². The summed E-state index contributed by atoms with van der Waals surface area (Å²) >= 11 is 0. The molecule has 0 spiro atoms. The second-order valence-electron chi connectivity index (χ2n) is 6.18. The van der Waals surface area contributed by atoms with E-state index >= 15 is 0 Å². The van der Waals surface area contributed by atoms with Crippen molar-refractivity contribution in [2.45, 2.75) is 45.1 Å². The summed E-state index contributed by atoms with van der Waals surface area (Å²) < 4.78 is 5.58. The van der Waals surface area contributed by atoms with Crippen molar-refractivity contribution in [1.29, 1.82) is 0 Å². The third-order valence-electron chi connectivity index (χ3n) is 5.14. The Hall–Kier alpha value is -1.05. The molecule has 0 amide bonds. The Morgan fingerprint density at radius 1 is 1.35 bits per heavy atom. The van der Waals surface area contributed by atoms with Gasteiger partial charge in [-0.15, -0.1) is 0 Å². The van der Waals surface area contributed by atoms with Gasteiger partial charge in [0.05, 0.1) is 0 Å². The molecule has 0 aromatic rings. The van der Waals surface area contributed by atoms with Crippen LogP contribution < -0.4 is 0 Å². The zero-order valence-corrected chi connectivity index (χ0v) is 10.5. The van der Waals surface area contributed by atoms with E-state index in [9.17, 15) is 4.79 Å². The monoisotopic (exact) mass is 232 g/mol. The first-order chi connectivity index (χ1) is 8.03. The Labute approximate surface area is 103 Å². The van der Waals surface area contributed by atoms with Crippen molar-refractivity contribution in [1.82, 2.24) is 0 Å². The topological polar surface area (TPSA) is 26.3 Å². The molecule has 17 heavy (non-hydrogen) atoms. The first-order valence-corrected chi connectivity index (χ1v) is 6.60. The van der Waals surface area contributed by atoms with Crippen molar-refractivity contribution in [2.75, 3.05) is 0 Å². The maximum atomic E-state index is 11.7. The Bertz CT molecular complexity index is 409. The van der Waals surface area contributed by atoms with E-state index in [1.54, 1.807) is 0 Å². The third-order valence-corrected chi connectivity index (χ3v) is 5.14. The molecule has 0 radical (unpaired) electrons. The van der Waals surface area contributed by atoms with Gasteiger partial charge in [-0.05, 0) is 37.5 Å². The molecule has 1 saturated heterocycles. The van der Waals surface area contributed by atoms with Crippen molar-refractivity contribution in [3.8, 4) is 0 Å². The molecule has 92 valence electrons. The second-order valence-corrected chi connectivity index (χ2v) is 6.18. The molecule has 1 heterocycles. The van der Waals surface area contributed by atoms with Crippen molar-refractivity contribution in [3.05, 3.63) is 24.3 Å². The minimum Gasteiger partial charge on any atom is -0.458 e. The summed E-state index contributed by atoms with van der Waals surface area (Å²) in [5.74, 6) is 0.427. The SMILES string of the molecule is C=C1C(=O)O[C@@H]2[C@H]1CC[C@@]1(C)CCCC(=C)[C@@H]21. The summed E-state index contributed by atoms with van der Waals surface area (Å²) in [4.78, 5) is 11.7. The normalized spacial score (nSPS) is 45.2. The Kier molecular flexibility index (Phi) is 2.26. The van der Waals surface area contributed by atoms with Gasteiger partial charge in [0.15, 0.2) is 0 Å². The zero-order valence-electron chi connectivity index (χ0n) is 10.5. The fourth-order valence-corrected chi connectivity index (χ4v) is 4.19. The Morgan fingerprint density at radius 3 is 2.88 bits per heavy atom. The van der Waals surface area contributed by atoms with Crippen LogP contribution in [0, 0.1) is 17.3 Å². The highest BCUT2D eigenvalue weighted by molar-refractivity contribution is 5.91. The quantitative estimate of drug-likeness (QED) is 0.364. The Morgan fingerprint density at radius 2 is 2.12 bits per heavy atom. The molecule has 4 atom stereocenters. The average Bonchev–Trinajstić information content (AvgIpc) is 2.54. The van der Waals surface area contributed by atoms with Crippen molar-refractivity contribution in [3.63, 3.8) is 0 Å². The molecule has 1 aliphatic heterocycles. The van der Waals surface area contributed by atoms with Crippen molar-refractivity contribution >= 4 is 5.97 Å². The smallest absolute Gasteiger partial charge is 0.334 e. The van der Waals surface area contributed by atoms with Gasteiger partial charge in [0.1, 0.15) is 6.10 Å². The van der Waals surface area contributed by atoms with Gasteiger partial charge in [0.25, 0.3) is 0 Å². The molecule has 2 heteroatoms. The van der Waals surface area contributed by atoms with E-state index in [4.69, 9.17) is 4.74 Å². The van der Waals surface area contributed by atoms with E-state index < -0.39 is 0 Å². The summed E-state index contributed by atoms with van der Waals surface area (Å²) in [6.45, 7) is 10.5. The lowest BCUT2D eigenvalue weighted by molar-refractivity contribution is -0.145. The minimum atomic E-state index is -0.178. The third kappa shape index (κ3) is 1.42. The van der Waals surface area contributed by atoms with E-state index in [-0.39, 0.29) is 18.0 Å². The fraction of sp³-hybridized carbons (Fsp3) is 0.667. The summed E-state index contributed by atoms with van der Waals surface area (Å²) in [6.07, 6.45) is 5.82. The number of fused-ring (bicyclic) bond motifs is 3. The average molecular weight is 232 g/mol. The number of hydrogen-bond donors (Lipinski definition) is 0. The molecule has 3 fully saturated rings. The largest absolute Gasteiger partial charge is 0.458 e. The maximum Gasteiger partial charge on any atom is 0.334 e. The number of ether oxygens (including phenoxy) is 1. The molecule has 2 aliphatic carbocycles. The molecule has 0 aromatic heterocycles. The van der Waals surface area contributed by atoms with E-state index in [2.05, 4.69) is 20.1 Å². The van der Waals surface area contributed by atoms with Crippen LogP contribution >= 0.6 is 0 Å². The highest BCUT2D eigenvalue weighted by atomic mass is 16.6. The summed E-state index contributed by atoms with van der Waals surface area (Å²) in [7, 11) is 0. The van der Waals surface area contributed by atoms with Crippen LogP contribution in [-0.4, -0.2) is 12.1 Å². The lowest BCUT2D eigenvalue weighted by Gasteiger charge is -2.50. The van der Waals surface area contributed by atoms with E-state index in [1.165, 1.54) is 24.8 Å². The standard InChI is InChI=1S/C15H20O2/c1-9-5-4-7-15(3)8-6-11-10(2)14(16)17-13(11)12(9)15/h11-13H,1-2,4-8H2,3H3/t11-,12-,13+,15+/m0/s1. The molecule has 0 N–H and O–H groups in total. The summed E-state index contributed by atoms with van der Waals surface area (Å²) in [6, 6.07) is 0. The second kappa shape index (κ2) is 3.47. The lowest BCUT2D eigenvalue weighted by atomic mass is 9.55. The van der Waals surface area contributed by atoms with Gasteiger partial charge >= 0.3 is 5.97 Å². The van der Waals surface area contributed by atoms with Crippen LogP contribution in [0.3, 0.4) is 0 Å². The van der Waals surface area contributed by atoms with Crippen LogP contribution in [0.2, 0.25) is 0 Å². The number of rotatable bonds is 0. The van der Waals surface area contributed by atoms with Gasteiger partial charge in [0, 0.05) is 17.4 Å². The predicted octanol–water partition coefficient (Wildman–Crippen LogP) is 3.24. The lowest BCUT2D eigenvalue weighted by Crippen LogP contribution is -2.46. The van der Waals surface area contributed by atoms with Gasteiger partial charge in [-0.3, -0.25) is 0 Å². The predicted molar refractivity (Wildman–Crippen MR) is 66.3 cm³/mol. The molecular formula is C15H20O2. The molecule has 0 unspecified atom stereocenters. The first-order valence-electron chi connectivity index (χ1n) is 6.60. The molecule has 2 nitrogen and oxygen atoms in total. The van der Waals surface area contributed by atoms with Crippen molar-refractivity contribution < 1.29 is 9.53 Å². The van der Waals surface area contributed by atoms with Crippen LogP contribution in [0.15, 0.2) is 24.3 Å². The Balaban J connectivity index is 1.98. The molecular weight excluding hydrogens is 212 g/mol. The van der Waals surface area contributed by atoms with Crippen LogP contribution in [0.25, 0.3) is 0 Å². The highest BCUT2D eigenvalue weighted by Gasteiger charge is 2.54. The zero-order chi connectivity index (χ0) is 12.2. The van der Waals surface area contributed by atoms with Gasteiger partial charge in [0.2, 0.25) is 0 Å². The number of carbonyl (C=O) groups excluding carboxylic acids is 1. The minimum absolute atomic E-state index is 0.0292. The van der Waals surface area contributed by atoms with Crippen LogP contribution in [0.5, 0.6) is 0 Å². The number of esters is 1. The van der Waals surface area contributed by atoms with Gasteiger partial charge in [-0.2, -0.15) is 0 Å². The summed E-state index contributed by atoms with van der Waals surface area (Å²) in [5.41, 5.74) is 2.27. The number of carbonyl (C=O) groups is 1. The molecule has 0 bridgehead atoms. The van der Waals surface area contributed by atoms with Crippen LogP contribution in [-0.2, 0) is 9.53 Å².